The van der Waals surface area contributed by atoms with Crippen molar-refractivity contribution in [3.05, 3.63) is 26.8 Å². The van der Waals surface area contributed by atoms with Crippen molar-refractivity contribution in [1.29, 1.82) is 0 Å². The summed E-state index contributed by atoms with van der Waals surface area (Å²) in [5, 5.41) is 3.71. The summed E-state index contributed by atoms with van der Waals surface area (Å²) in [6.45, 7) is 2.26. The molecule has 0 atom stereocenters. The number of hydrogen-bond acceptors (Lipinski definition) is 1. The number of nitrogens with one attached hydrogen (secondary N) is 1. The fraction of sp³-hybridized carbons (Fsp3) is 0.500. The molecule has 0 aromatic heterocycles. The number of carbonyl (C=O) groups is 1. The topological polar surface area (TPSA) is 29.1 Å². The zero-order chi connectivity index (χ0) is 13.1. The van der Waals surface area contributed by atoms with Crippen LogP contribution < -0.4 is 5.32 Å². The third-order valence-corrected chi connectivity index (χ3v) is 4.70. The van der Waals surface area contributed by atoms with Gasteiger partial charge in [0.25, 0.3) is 0 Å². The van der Waals surface area contributed by atoms with Crippen molar-refractivity contribution in [1.82, 2.24) is 0 Å². The number of hydrogen-bond donors (Lipinski definition) is 1. The number of rotatable bonds is 2. The minimum absolute atomic E-state index is 0.155. The highest BCUT2D eigenvalue weighted by Crippen LogP contribution is 2.30. The normalized spacial score (nSPS) is 23.7. The van der Waals surface area contributed by atoms with Gasteiger partial charge in [-0.15, -0.1) is 0 Å². The Labute approximate surface area is 127 Å². The lowest BCUT2D eigenvalue weighted by molar-refractivity contribution is -0.121. The first-order chi connectivity index (χ1) is 8.56. The van der Waals surface area contributed by atoms with Crippen LogP contribution >= 0.6 is 34.2 Å². The highest BCUT2D eigenvalue weighted by molar-refractivity contribution is 14.1. The molecule has 0 heterocycles. The smallest absolute Gasteiger partial charge is 0.227 e. The van der Waals surface area contributed by atoms with Crippen LogP contribution in [-0.4, -0.2) is 5.91 Å². The minimum atomic E-state index is 0.155. The van der Waals surface area contributed by atoms with Crippen LogP contribution in [0.15, 0.2) is 18.2 Å². The van der Waals surface area contributed by atoms with Crippen molar-refractivity contribution in [3.63, 3.8) is 0 Å². The molecule has 4 heteroatoms. The van der Waals surface area contributed by atoms with Crippen LogP contribution in [0.5, 0.6) is 0 Å². The molecule has 0 spiro atoms. The first-order valence-electron chi connectivity index (χ1n) is 6.32. The quantitative estimate of drug-likeness (QED) is 0.743. The lowest BCUT2D eigenvalue weighted by Gasteiger charge is -2.25. The highest BCUT2D eigenvalue weighted by Gasteiger charge is 2.24. The van der Waals surface area contributed by atoms with Crippen LogP contribution in [0.4, 0.5) is 5.69 Å². The second-order valence-electron chi connectivity index (χ2n) is 5.07. The van der Waals surface area contributed by atoms with Crippen LogP contribution in [-0.2, 0) is 4.79 Å². The van der Waals surface area contributed by atoms with E-state index in [-0.39, 0.29) is 11.8 Å². The van der Waals surface area contributed by atoms with Gasteiger partial charge in [-0.25, -0.2) is 0 Å². The lowest BCUT2D eigenvalue weighted by Crippen LogP contribution is -2.26. The molecular formula is C14H17ClINO. The van der Waals surface area contributed by atoms with Gasteiger partial charge >= 0.3 is 0 Å². The molecule has 1 aliphatic rings. The first kappa shape index (κ1) is 14.1. The van der Waals surface area contributed by atoms with Gasteiger partial charge in [0.05, 0.1) is 5.69 Å². The zero-order valence-corrected chi connectivity index (χ0v) is 13.3. The molecule has 2 nitrogen and oxygen atoms in total. The Morgan fingerprint density at radius 1 is 1.33 bits per heavy atom. The van der Waals surface area contributed by atoms with Gasteiger partial charge in [-0.1, -0.05) is 18.5 Å². The summed E-state index contributed by atoms with van der Waals surface area (Å²) in [6, 6.07) is 5.54. The summed E-state index contributed by atoms with van der Waals surface area (Å²) in [5.74, 6) is 1.10. The van der Waals surface area contributed by atoms with E-state index in [4.69, 9.17) is 11.6 Å². The fourth-order valence-electron chi connectivity index (χ4n) is 2.35. The minimum Gasteiger partial charge on any atom is -0.325 e. The van der Waals surface area contributed by atoms with Crippen molar-refractivity contribution < 1.29 is 4.79 Å². The van der Waals surface area contributed by atoms with E-state index in [0.717, 1.165) is 40.9 Å². The van der Waals surface area contributed by atoms with Crippen molar-refractivity contribution in [2.24, 2.45) is 11.8 Å². The predicted octanol–water partition coefficient (Wildman–Crippen LogP) is 4.71. The molecule has 1 saturated carbocycles. The van der Waals surface area contributed by atoms with E-state index < -0.39 is 0 Å². The van der Waals surface area contributed by atoms with Gasteiger partial charge in [0, 0.05) is 14.5 Å². The molecule has 0 radical (unpaired) electrons. The van der Waals surface area contributed by atoms with Crippen LogP contribution in [0.25, 0.3) is 0 Å². The maximum atomic E-state index is 12.2. The van der Waals surface area contributed by atoms with Crippen molar-refractivity contribution in [3.8, 4) is 0 Å². The average molecular weight is 378 g/mol. The molecule has 18 heavy (non-hydrogen) atoms. The molecule has 98 valence electrons. The molecule has 1 aromatic carbocycles. The van der Waals surface area contributed by atoms with Crippen LogP contribution in [0.2, 0.25) is 5.02 Å². The van der Waals surface area contributed by atoms with E-state index in [1.54, 1.807) is 0 Å². The third kappa shape index (κ3) is 3.60. The fourth-order valence-corrected chi connectivity index (χ4v) is 3.35. The largest absolute Gasteiger partial charge is 0.325 e. The molecule has 0 bridgehead atoms. The van der Waals surface area contributed by atoms with Crippen molar-refractivity contribution in [2.75, 3.05) is 5.32 Å². The van der Waals surface area contributed by atoms with Gasteiger partial charge in [0.15, 0.2) is 0 Å². The van der Waals surface area contributed by atoms with Crippen molar-refractivity contribution >= 4 is 45.8 Å². The molecular weight excluding hydrogens is 361 g/mol. The second-order valence-corrected chi connectivity index (χ2v) is 6.67. The van der Waals surface area contributed by atoms with Gasteiger partial charge in [-0.3, -0.25) is 4.79 Å². The zero-order valence-electron chi connectivity index (χ0n) is 10.4. The molecule has 1 fully saturated rings. The molecule has 1 aliphatic carbocycles. The van der Waals surface area contributed by atoms with E-state index in [1.165, 1.54) is 0 Å². The van der Waals surface area contributed by atoms with E-state index in [0.29, 0.717) is 5.02 Å². The Balaban J connectivity index is 1.98. The number of anilines is 1. The number of amides is 1. The van der Waals surface area contributed by atoms with Crippen molar-refractivity contribution in [2.45, 2.75) is 32.6 Å². The van der Waals surface area contributed by atoms with Crippen LogP contribution in [0.3, 0.4) is 0 Å². The Morgan fingerprint density at radius 3 is 2.61 bits per heavy atom. The molecule has 1 aromatic rings. The van der Waals surface area contributed by atoms with Gasteiger partial charge in [-0.05, 0) is 72.4 Å². The first-order valence-corrected chi connectivity index (χ1v) is 7.78. The summed E-state index contributed by atoms with van der Waals surface area (Å²) < 4.78 is 0.984. The van der Waals surface area contributed by atoms with E-state index in [2.05, 4.69) is 34.8 Å². The number of halogens is 2. The molecule has 0 unspecified atom stereocenters. The summed E-state index contributed by atoms with van der Waals surface area (Å²) in [5.41, 5.74) is 0.864. The Morgan fingerprint density at radius 2 is 2.00 bits per heavy atom. The van der Waals surface area contributed by atoms with Gasteiger partial charge in [0.2, 0.25) is 5.91 Å². The molecule has 0 saturated heterocycles. The molecule has 1 N–H and O–H groups in total. The SMILES string of the molecule is CC1CCC(C(=O)Nc2ccc(Cl)cc2I)CC1. The van der Waals surface area contributed by atoms with E-state index >= 15 is 0 Å². The van der Waals surface area contributed by atoms with Gasteiger partial charge < -0.3 is 5.32 Å². The van der Waals surface area contributed by atoms with E-state index in [1.807, 2.05) is 18.2 Å². The van der Waals surface area contributed by atoms with Crippen LogP contribution in [0.1, 0.15) is 32.6 Å². The summed E-state index contributed by atoms with van der Waals surface area (Å²) in [6.07, 6.45) is 4.35. The van der Waals surface area contributed by atoms with Crippen LogP contribution in [0, 0.1) is 15.4 Å². The van der Waals surface area contributed by atoms with E-state index in [9.17, 15) is 4.79 Å². The summed E-state index contributed by atoms with van der Waals surface area (Å²) >= 11 is 8.10. The molecule has 1 amide bonds. The molecule has 2 rings (SSSR count). The number of benzene rings is 1. The summed E-state index contributed by atoms with van der Waals surface area (Å²) in [4.78, 5) is 12.2. The maximum Gasteiger partial charge on any atom is 0.227 e. The van der Waals surface area contributed by atoms with Gasteiger partial charge in [-0.2, -0.15) is 0 Å². The highest BCUT2D eigenvalue weighted by atomic mass is 127. The standard InChI is InChI=1S/C14H17ClINO/c1-9-2-4-10(5-3-9)14(18)17-13-7-6-11(15)8-12(13)16/h6-10H,2-5H2,1H3,(H,17,18). The average Bonchev–Trinajstić information content (AvgIpc) is 2.33. The Bertz CT molecular complexity index is 441. The summed E-state index contributed by atoms with van der Waals surface area (Å²) in [7, 11) is 0. The maximum absolute atomic E-state index is 12.2. The molecule has 0 aliphatic heterocycles. The number of carbonyl (C=O) groups excluding carboxylic acids is 1. The lowest BCUT2D eigenvalue weighted by atomic mass is 9.82. The second kappa shape index (κ2) is 6.24. The Hall–Kier alpha value is -0.290. The third-order valence-electron chi connectivity index (χ3n) is 3.58. The monoisotopic (exact) mass is 377 g/mol. The Kier molecular flexibility index (Phi) is 4.90. The predicted molar refractivity (Wildman–Crippen MR) is 83.9 cm³/mol. The van der Waals surface area contributed by atoms with Gasteiger partial charge in [0.1, 0.15) is 0 Å².